The summed E-state index contributed by atoms with van der Waals surface area (Å²) in [4.78, 5) is 24.1. The Labute approximate surface area is 83.4 Å². The van der Waals surface area contributed by atoms with Crippen molar-refractivity contribution in [3.8, 4) is 0 Å². The van der Waals surface area contributed by atoms with Gasteiger partial charge in [0.2, 0.25) is 5.91 Å². The van der Waals surface area contributed by atoms with Crippen LogP contribution in [0.15, 0.2) is 0 Å². The van der Waals surface area contributed by atoms with Crippen LogP contribution >= 0.6 is 0 Å². The van der Waals surface area contributed by atoms with Crippen LogP contribution in [0.5, 0.6) is 0 Å². The van der Waals surface area contributed by atoms with Gasteiger partial charge in [0.1, 0.15) is 6.54 Å². The molecule has 0 aromatic carbocycles. The first-order valence-corrected chi connectivity index (χ1v) is 4.78. The standard InChI is InChI=1S/C9H16N2O3/c1-3-10-7-4-5-11(9(7)13)6-8(12)14-2/h7,10H,3-6H2,1-2H3. The van der Waals surface area contributed by atoms with Crippen LogP contribution in [0.4, 0.5) is 0 Å². The van der Waals surface area contributed by atoms with Crippen molar-refractivity contribution < 1.29 is 14.3 Å². The summed E-state index contributed by atoms with van der Waals surface area (Å²) < 4.78 is 4.50. The van der Waals surface area contributed by atoms with E-state index in [0.29, 0.717) is 6.54 Å². The van der Waals surface area contributed by atoms with Gasteiger partial charge in [-0.1, -0.05) is 6.92 Å². The number of ether oxygens (including phenoxy) is 1. The number of nitrogens with zero attached hydrogens (tertiary/aromatic N) is 1. The third kappa shape index (κ3) is 2.45. The van der Waals surface area contributed by atoms with Gasteiger partial charge >= 0.3 is 5.97 Å². The zero-order valence-electron chi connectivity index (χ0n) is 8.58. The summed E-state index contributed by atoms with van der Waals surface area (Å²) in [6.45, 7) is 3.42. The van der Waals surface area contributed by atoms with Crippen molar-refractivity contribution in [1.82, 2.24) is 10.2 Å². The number of hydrogen-bond acceptors (Lipinski definition) is 4. The second kappa shape index (κ2) is 4.95. The minimum Gasteiger partial charge on any atom is -0.468 e. The van der Waals surface area contributed by atoms with Crippen LogP contribution in [-0.4, -0.2) is 49.6 Å². The Kier molecular flexibility index (Phi) is 3.88. The molecule has 1 aliphatic rings. The molecule has 0 aromatic rings. The molecule has 0 radical (unpaired) electrons. The highest BCUT2D eigenvalue weighted by atomic mass is 16.5. The molecule has 0 spiro atoms. The number of esters is 1. The number of likely N-dealkylation sites (tertiary alicyclic amines) is 1. The van der Waals surface area contributed by atoms with Crippen LogP contribution in [0.1, 0.15) is 13.3 Å². The maximum absolute atomic E-state index is 11.6. The van der Waals surface area contributed by atoms with Crippen LogP contribution in [0.3, 0.4) is 0 Å². The second-order valence-corrected chi connectivity index (χ2v) is 3.23. The van der Waals surface area contributed by atoms with Gasteiger partial charge in [0.05, 0.1) is 13.2 Å². The highest BCUT2D eigenvalue weighted by Crippen LogP contribution is 2.10. The Hall–Kier alpha value is -1.10. The minimum atomic E-state index is -0.365. The van der Waals surface area contributed by atoms with Crippen molar-refractivity contribution in [2.45, 2.75) is 19.4 Å². The quantitative estimate of drug-likeness (QED) is 0.614. The highest BCUT2D eigenvalue weighted by Gasteiger charge is 2.31. The van der Waals surface area contributed by atoms with Gasteiger partial charge < -0.3 is 15.0 Å². The van der Waals surface area contributed by atoms with E-state index >= 15 is 0 Å². The molecule has 5 heteroatoms. The number of carbonyl (C=O) groups excluding carboxylic acids is 2. The first kappa shape index (κ1) is 11.0. The molecule has 1 atom stereocenters. The lowest BCUT2D eigenvalue weighted by Gasteiger charge is -2.14. The van der Waals surface area contributed by atoms with E-state index in [-0.39, 0.29) is 24.5 Å². The van der Waals surface area contributed by atoms with Gasteiger partial charge in [0.25, 0.3) is 0 Å². The Balaban J connectivity index is 2.43. The molecule has 1 aliphatic heterocycles. The number of hydrogen-bond donors (Lipinski definition) is 1. The van der Waals surface area contributed by atoms with Gasteiger partial charge in [0, 0.05) is 6.54 Å². The van der Waals surface area contributed by atoms with Crippen molar-refractivity contribution >= 4 is 11.9 Å². The number of rotatable bonds is 4. The molecule has 0 aliphatic carbocycles. The average Bonchev–Trinajstić information content (AvgIpc) is 2.50. The van der Waals surface area contributed by atoms with Crippen molar-refractivity contribution in [1.29, 1.82) is 0 Å². The lowest BCUT2D eigenvalue weighted by molar-refractivity contribution is -0.145. The normalized spacial score (nSPS) is 21.4. The number of methoxy groups -OCH3 is 1. The van der Waals surface area contributed by atoms with Crippen molar-refractivity contribution in [2.24, 2.45) is 0 Å². The monoisotopic (exact) mass is 200 g/mol. The van der Waals surface area contributed by atoms with Crippen LogP contribution in [0.25, 0.3) is 0 Å². The molecule has 14 heavy (non-hydrogen) atoms. The van der Waals surface area contributed by atoms with E-state index < -0.39 is 0 Å². The third-order valence-electron chi connectivity index (χ3n) is 2.30. The fraction of sp³-hybridized carbons (Fsp3) is 0.778. The molecule has 1 N–H and O–H groups in total. The number of nitrogens with one attached hydrogen (secondary N) is 1. The highest BCUT2D eigenvalue weighted by molar-refractivity contribution is 5.87. The first-order valence-electron chi connectivity index (χ1n) is 4.78. The molecule has 1 saturated heterocycles. The van der Waals surface area contributed by atoms with Crippen molar-refractivity contribution in [3.05, 3.63) is 0 Å². The van der Waals surface area contributed by atoms with E-state index in [1.165, 1.54) is 12.0 Å². The molecular formula is C9H16N2O3. The zero-order chi connectivity index (χ0) is 10.6. The van der Waals surface area contributed by atoms with Crippen LogP contribution in [-0.2, 0) is 14.3 Å². The van der Waals surface area contributed by atoms with E-state index in [4.69, 9.17) is 0 Å². The molecule has 1 unspecified atom stereocenters. The van der Waals surface area contributed by atoms with Gasteiger partial charge in [0.15, 0.2) is 0 Å². The summed E-state index contributed by atoms with van der Waals surface area (Å²) in [6, 6.07) is -0.121. The van der Waals surface area contributed by atoms with E-state index in [1.54, 1.807) is 0 Å². The fourth-order valence-electron chi connectivity index (χ4n) is 1.55. The summed E-state index contributed by atoms with van der Waals surface area (Å²) >= 11 is 0. The van der Waals surface area contributed by atoms with Gasteiger partial charge in [-0.05, 0) is 13.0 Å². The van der Waals surface area contributed by atoms with Gasteiger partial charge in [-0.15, -0.1) is 0 Å². The van der Waals surface area contributed by atoms with Crippen LogP contribution in [0, 0.1) is 0 Å². The molecule has 1 rings (SSSR count). The van der Waals surface area contributed by atoms with Crippen LogP contribution < -0.4 is 5.32 Å². The largest absolute Gasteiger partial charge is 0.468 e. The van der Waals surface area contributed by atoms with Crippen molar-refractivity contribution in [3.63, 3.8) is 0 Å². The van der Waals surface area contributed by atoms with Gasteiger partial charge in [-0.25, -0.2) is 0 Å². The fourth-order valence-corrected chi connectivity index (χ4v) is 1.55. The van der Waals surface area contributed by atoms with E-state index in [0.717, 1.165) is 13.0 Å². The maximum Gasteiger partial charge on any atom is 0.325 e. The third-order valence-corrected chi connectivity index (χ3v) is 2.30. The number of likely N-dealkylation sites (N-methyl/N-ethyl adjacent to an activating group) is 1. The maximum atomic E-state index is 11.6. The molecule has 80 valence electrons. The Morgan fingerprint density at radius 2 is 2.43 bits per heavy atom. The summed E-state index contributed by atoms with van der Waals surface area (Å²) in [5.74, 6) is -0.368. The molecule has 1 amide bonds. The predicted molar refractivity (Wildman–Crippen MR) is 50.7 cm³/mol. The number of amides is 1. The average molecular weight is 200 g/mol. The summed E-state index contributed by atoms with van der Waals surface area (Å²) in [6.07, 6.45) is 0.768. The Morgan fingerprint density at radius 3 is 3.00 bits per heavy atom. The summed E-state index contributed by atoms with van der Waals surface area (Å²) in [5.41, 5.74) is 0. The predicted octanol–water partition coefficient (Wildman–Crippen LogP) is -0.630. The Morgan fingerprint density at radius 1 is 1.71 bits per heavy atom. The smallest absolute Gasteiger partial charge is 0.325 e. The SMILES string of the molecule is CCNC1CCN(CC(=O)OC)C1=O. The minimum absolute atomic E-state index is 0.00255. The van der Waals surface area contributed by atoms with Crippen molar-refractivity contribution in [2.75, 3.05) is 26.7 Å². The lowest BCUT2D eigenvalue weighted by atomic mass is 10.2. The van der Waals surface area contributed by atoms with Gasteiger partial charge in [-0.2, -0.15) is 0 Å². The van der Waals surface area contributed by atoms with E-state index in [1.807, 2.05) is 6.92 Å². The number of carbonyl (C=O) groups is 2. The molecule has 0 saturated carbocycles. The van der Waals surface area contributed by atoms with Gasteiger partial charge in [-0.3, -0.25) is 9.59 Å². The molecule has 0 aromatic heterocycles. The summed E-state index contributed by atoms with van der Waals surface area (Å²) in [5, 5.41) is 3.07. The molecule has 0 bridgehead atoms. The second-order valence-electron chi connectivity index (χ2n) is 3.23. The van der Waals surface area contributed by atoms with E-state index in [2.05, 4.69) is 10.1 Å². The molecule has 1 heterocycles. The summed E-state index contributed by atoms with van der Waals surface area (Å²) in [7, 11) is 1.32. The lowest BCUT2D eigenvalue weighted by Crippen LogP contribution is -2.40. The molecule has 1 fully saturated rings. The topological polar surface area (TPSA) is 58.6 Å². The Bertz CT molecular complexity index is 230. The molecule has 5 nitrogen and oxygen atoms in total. The zero-order valence-corrected chi connectivity index (χ0v) is 8.58. The first-order chi connectivity index (χ1) is 6.69. The van der Waals surface area contributed by atoms with Crippen LogP contribution in [0.2, 0.25) is 0 Å². The van der Waals surface area contributed by atoms with E-state index in [9.17, 15) is 9.59 Å². The molecular weight excluding hydrogens is 184 g/mol.